The van der Waals surface area contributed by atoms with Crippen LogP contribution in [0.2, 0.25) is 0 Å². The van der Waals surface area contributed by atoms with Gasteiger partial charge < -0.3 is 0 Å². The molecule has 0 unspecified atom stereocenters. The van der Waals surface area contributed by atoms with E-state index in [0.29, 0.717) is 0 Å². The number of anilines is 2. The van der Waals surface area contributed by atoms with E-state index in [4.69, 9.17) is 0 Å². The molecular formula is C19H33N3O. The van der Waals surface area contributed by atoms with Crippen molar-refractivity contribution in [2.45, 2.75) is 78.1 Å². The first-order valence-corrected chi connectivity index (χ1v) is 9.36. The molecule has 2 N–H and O–H groups in total. The Bertz CT molecular complexity index is 464. The van der Waals surface area contributed by atoms with Gasteiger partial charge in [-0.3, -0.25) is 15.6 Å². The quantitative estimate of drug-likeness (QED) is 0.515. The van der Waals surface area contributed by atoms with Crippen molar-refractivity contribution in [3.05, 3.63) is 23.8 Å². The number of benzene rings is 1. The highest BCUT2D eigenvalue weighted by Crippen LogP contribution is 2.33. The van der Waals surface area contributed by atoms with E-state index in [2.05, 4.69) is 31.4 Å². The lowest BCUT2D eigenvalue weighted by atomic mass is 10.1. The van der Waals surface area contributed by atoms with Crippen molar-refractivity contribution in [2.24, 2.45) is 0 Å². The summed E-state index contributed by atoms with van der Waals surface area (Å²) in [6.45, 7) is 5.21. The number of hydrogen-bond donors (Lipinski definition) is 2. The predicted octanol–water partition coefficient (Wildman–Crippen LogP) is 5.67. The fraction of sp³-hybridized carbons (Fsp3) is 0.684. The lowest BCUT2D eigenvalue weighted by Crippen LogP contribution is -2.39. The number of hydrazine groups is 2. The number of hydrogen-bond acceptors (Lipinski definition) is 4. The highest BCUT2D eigenvalue weighted by molar-refractivity contribution is 5.73. The maximum absolute atomic E-state index is 9.99. The average molecular weight is 319 g/mol. The molecule has 2 rings (SSSR count). The lowest BCUT2D eigenvalue weighted by molar-refractivity contribution is -0.0708. The van der Waals surface area contributed by atoms with Crippen molar-refractivity contribution in [1.82, 2.24) is 5.28 Å². The summed E-state index contributed by atoms with van der Waals surface area (Å²) in [7, 11) is 0. The van der Waals surface area contributed by atoms with E-state index >= 15 is 0 Å². The van der Waals surface area contributed by atoms with Crippen molar-refractivity contribution >= 4 is 11.4 Å². The van der Waals surface area contributed by atoms with Crippen LogP contribution in [0, 0.1) is 6.92 Å². The van der Waals surface area contributed by atoms with Gasteiger partial charge in [-0.15, -0.1) is 0 Å². The molecule has 1 aromatic carbocycles. The van der Waals surface area contributed by atoms with Crippen molar-refractivity contribution in [3.63, 3.8) is 0 Å². The van der Waals surface area contributed by atoms with Crippen LogP contribution < -0.4 is 10.4 Å². The SMILES string of the molecule is CCCCCCCCCCCCN1c2cc(C)ccc2NN1O. The Hall–Kier alpha value is -1.26. The third kappa shape index (κ3) is 5.70. The average Bonchev–Trinajstić information content (AvgIpc) is 2.84. The normalized spacial score (nSPS) is 14.1. The molecule has 0 fully saturated rings. The van der Waals surface area contributed by atoms with E-state index in [0.717, 1.165) is 29.6 Å². The number of nitrogens with zero attached hydrogens (tertiary/aromatic N) is 2. The van der Waals surface area contributed by atoms with E-state index in [1.54, 1.807) is 0 Å². The monoisotopic (exact) mass is 319 g/mol. The molecule has 1 heterocycles. The minimum Gasteiger partial charge on any atom is -0.276 e. The van der Waals surface area contributed by atoms with Crippen molar-refractivity contribution < 1.29 is 5.21 Å². The van der Waals surface area contributed by atoms with Gasteiger partial charge in [-0.1, -0.05) is 70.8 Å². The smallest absolute Gasteiger partial charge is 0.0812 e. The van der Waals surface area contributed by atoms with Crippen molar-refractivity contribution in [2.75, 3.05) is 17.0 Å². The lowest BCUT2D eigenvalue weighted by Gasteiger charge is -2.23. The highest BCUT2D eigenvalue weighted by atomic mass is 16.6. The van der Waals surface area contributed by atoms with Gasteiger partial charge in [0.05, 0.1) is 11.4 Å². The minimum absolute atomic E-state index is 0.858. The third-order valence-electron chi connectivity index (χ3n) is 4.60. The minimum atomic E-state index is 0.858. The number of unbranched alkanes of at least 4 members (excludes halogenated alkanes) is 9. The van der Waals surface area contributed by atoms with E-state index in [9.17, 15) is 5.21 Å². The molecule has 0 aliphatic carbocycles. The molecule has 1 aliphatic rings. The molecule has 4 heteroatoms. The molecule has 0 spiro atoms. The molecule has 130 valence electrons. The van der Waals surface area contributed by atoms with Crippen LogP contribution in [0.25, 0.3) is 0 Å². The molecule has 1 aromatic rings. The first-order chi connectivity index (χ1) is 11.2. The second-order valence-electron chi connectivity index (χ2n) is 6.73. The molecule has 0 amide bonds. The summed E-state index contributed by atoms with van der Waals surface area (Å²) in [5, 5.41) is 13.0. The molecule has 23 heavy (non-hydrogen) atoms. The van der Waals surface area contributed by atoms with Gasteiger partial charge in [-0.05, 0) is 36.3 Å². The molecule has 1 aliphatic heterocycles. The van der Waals surface area contributed by atoms with Gasteiger partial charge >= 0.3 is 0 Å². The first-order valence-electron chi connectivity index (χ1n) is 9.36. The van der Waals surface area contributed by atoms with E-state index < -0.39 is 0 Å². The second kappa shape index (κ2) is 9.78. The summed E-state index contributed by atoms with van der Waals surface area (Å²) >= 11 is 0. The maximum atomic E-state index is 9.99. The standard InChI is InChI=1S/C19H33N3O/c1-3-4-5-6-7-8-9-10-11-12-15-21-19-16-17(2)13-14-18(19)20-22(21)23/h13-14,16,20,23H,3-12,15H2,1-2H3. The summed E-state index contributed by atoms with van der Waals surface area (Å²) in [5.41, 5.74) is 6.24. The maximum Gasteiger partial charge on any atom is 0.0812 e. The van der Waals surface area contributed by atoms with Crippen LogP contribution in [0.5, 0.6) is 0 Å². The molecule has 0 atom stereocenters. The van der Waals surface area contributed by atoms with Gasteiger partial charge in [0.2, 0.25) is 0 Å². The van der Waals surface area contributed by atoms with Gasteiger partial charge in [0, 0.05) is 6.54 Å². The topological polar surface area (TPSA) is 38.7 Å². The van der Waals surface area contributed by atoms with Crippen LogP contribution in [-0.2, 0) is 0 Å². The van der Waals surface area contributed by atoms with Gasteiger partial charge in [-0.2, -0.15) is 0 Å². The third-order valence-corrected chi connectivity index (χ3v) is 4.60. The predicted molar refractivity (Wildman–Crippen MR) is 97.6 cm³/mol. The summed E-state index contributed by atoms with van der Waals surface area (Å²) in [5.74, 6) is 0. The van der Waals surface area contributed by atoms with Crippen molar-refractivity contribution in [1.29, 1.82) is 0 Å². The fourth-order valence-corrected chi connectivity index (χ4v) is 3.18. The number of nitrogens with one attached hydrogen (secondary N) is 1. The Balaban J connectivity index is 1.58. The van der Waals surface area contributed by atoms with Crippen LogP contribution in [-0.4, -0.2) is 17.0 Å². The van der Waals surface area contributed by atoms with Gasteiger partial charge in [-0.25, -0.2) is 0 Å². The van der Waals surface area contributed by atoms with Crippen molar-refractivity contribution in [3.8, 4) is 0 Å². The Kier molecular flexibility index (Phi) is 7.69. The second-order valence-corrected chi connectivity index (χ2v) is 6.73. The fourth-order valence-electron chi connectivity index (χ4n) is 3.18. The number of rotatable bonds is 11. The van der Waals surface area contributed by atoms with E-state index in [-0.39, 0.29) is 0 Å². The zero-order chi connectivity index (χ0) is 16.5. The molecule has 0 saturated carbocycles. The summed E-state index contributed by atoms with van der Waals surface area (Å²) in [4.78, 5) is 0. The summed E-state index contributed by atoms with van der Waals surface area (Å²) < 4.78 is 0. The van der Waals surface area contributed by atoms with Gasteiger partial charge in [0.25, 0.3) is 0 Å². The van der Waals surface area contributed by atoms with Gasteiger partial charge in [0.15, 0.2) is 0 Å². The molecular weight excluding hydrogens is 286 g/mol. The summed E-state index contributed by atoms with van der Waals surface area (Å²) in [6, 6.07) is 6.20. The number of aryl methyl sites for hydroxylation is 1. The molecule has 0 radical (unpaired) electrons. The van der Waals surface area contributed by atoms with E-state index in [1.165, 1.54) is 63.4 Å². The van der Waals surface area contributed by atoms with Crippen LogP contribution in [0.1, 0.15) is 76.7 Å². The van der Waals surface area contributed by atoms with Crippen LogP contribution in [0.4, 0.5) is 11.4 Å². The molecule has 4 nitrogen and oxygen atoms in total. The first kappa shape index (κ1) is 18.1. The zero-order valence-corrected chi connectivity index (χ0v) is 14.9. The molecule has 0 aromatic heterocycles. The van der Waals surface area contributed by atoms with Crippen LogP contribution in [0.15, 0.2) is 18.2 Å². The van der Waals surface area contributed by atoms with Gasteiger partial charge in [0.1, 0.15) is 0 Å². The van der Waals surface area contributed by atoms with Crippen LogP contribution in [0.3, 0.4) is 0 Å². The summed E-state index contributed by atoms with van der Waals surface area (Å²) in [6.07, 6.45) is 13.3. The number of fused-ring (bicyclic) bond motifs is 1. The molecule has 0 bridgehead atoms. The Labute approximate surface area is 141 Å². The van der Waals surface area contributed by atoms with Crippen LogP contribution >= 0.6 is 0 Å². The Morgan fingerprint density at radius 1 is 0.913 bits per heavy atom. The molecule has 0 saturated heterocycles. The Morgan fingerprint density at radius 2 is 1.52 bits per heavy atom. The largest absolute Gasteiger partial charge is 0.276 e. The van der Waals surface area contributed by atoms with E-state index in [1.807, 2.05) is 11.1 Å². The zero-order valence-electron chi connectivity index (χ0n) is 14.9. The highest BCUT2D eigenvalue weighted by Gasteiger charge is 2.24. The Morgan fingerprint density at radius 3 is 2.17 bits per heavy atom.